The van der Waals surface area contributed by atoms with Crippen molar-refractivity contribution in [2.24, 2.45) is 0 Å². The molecule has 1 heteroatoms. The van der Waals surface area contributed by atoms with Crippen LogP contribution in [0.15, 0.2) is 54.6 Å². The van der Waals surface area contributed by atoms with Crippen molar-refractivity contribution in [2.45, 2.75) is 32.2 Å². The second kappa shape index (κ2) is 6.23. The minimum atomic E-state index is 0.415. The van der Waals surface area contributed by atoms with E-state index >= 15 is 0 Å². The molecule has 0 amide bonds. The zero-order valence-corrected chi connectivity index (χ0v) is 12.3. The van der Waals surface area contributed by atoms with E-state index in [1.807, 2.05) is 0 Å². The molecule has 1 fully saturated rings. The van der Waals surface area contributed by atoms with E-state index in [9.17, 15) is 0 Å². The molecule has 3 rings (SSSR count). The van der Waals surface area contributed by atoms with Gasteiger partial charge in [-0.2, -0.15) is 0 Å². The highest BCUT2D eigenvalue weighted by Gasteiger charge is 2.24. The minimum absolute atomic E-state index is 0.415. The Morgan fingerprint density at radius 1 is 0.800 bits per heavy atom. The largest absolute Gasteiger partial charge is 0.292 e. The van der Waals surface area contributed by atoms with Gasteiger partial charge in [0.25, 0.3) is 0 Å². The van der Waals surface area contributed by atoms with Crippen LogP contribution in [0.2, 0.25) is 0 Å². The van der Waals surface area contributed by atoms with Gasteiger partial charge in [0.05, 0.1) is 6.04 Å². The van der Waals surface area contributed by atoms with Gasteiger partial charge in [-0.15, -0.1) is 0 Å². The van der Waals surface area contributed by atoms with Crippen LogP contribution in [-0.2, 0) is 0 Å². The standard InChI is InChI=1S/C19H23N/c1-16-10-6-7-13-18(16)19(17-11-4-2-5-12-17)20-14-8-3-9-15-20/h2,4-7,10-13,19H,3,8-9,14-15H2,1H3/t19-/m0/s1. The second-order valence-corrected chi connectivity index (χ2v) is 5.77. The first kappa shape index (κ1) is 13.4. The fourth-order valence-electron chi connectivity index (χ4n) is 3.29. The Bertz CT molecular complexity index is 541. The molecule has 0 aromatic heterocycles. The fraction of sp³-hybridized carbons (Fsp3) is 0.368. The molecule has 0 N–H and O–H groups in total. The molecule has 2 aromatic rings. The van der Waals surface area contributed by atoms with Gasteiger partial charge < -0.3 is 0 Å². The van der Waals surface area contributed by atoms with Crippen LogP contribution in [0.1, 0.15) is 42.0 Å². The molecule has 20 heavy (non-hydrogen) atoms. The van der Waals surface area contributed by atoms with Crippen molar-refractivity contribution in [1.82, 2.24) is 4.90 Å². The maximum atomic E-state index is 2.65. The lowest BCUT2D eigenvalue weighted by atomic mass is 9.92. The molecule has 1 nitrogen and oxygen atoms in total. The molecule has 1 atom stereocenters. The van der Waals surface area contributed by atoms with Crippen molar-refractivity contribution in [2.75, 3.05) is 13.1 Å². The van der Waals surface area contributed by atoms with Crippen molar-refractivity contribution >= 4 is 0 Å². The maximum absolute atomic E-state index is 2.65. The molecule has 0 saturated carbocycles. The molecule has 0 radical (unpaired) electrons. The van der Waals surface area contributed by atoms with Gasteiger partial charge in [0.15, 0.2) is 0 Å². The maximum Gasteiger partial charge on any atom is 0.0604 e. The van der Waals surface area contributed by atoms with Crippen molar-refractivity contribution in [3.05, 3.63) is 71.3 Å². The number of benzene rings is 2. The van der Waals surface area contributed by atoms with Gasteiger partial charge in [-0.1, -0.05) is 61.0 Å². The van der Waals surface area contributed by atoms with Crippen LogP contribution in [0.5, 0.6) is 0 Å². The fourth-order valence-corrected chi connectivity index (χ4v) is 3.29. The van der Waals surface area contributed by atoms with E-state index in [1.165, 1.54) is 49.0 Å². The summed E-state index contributed by atoms with van der Waals surface area (Å²) in [4.78, 5) is 2.65. The lowest BCUT2D eigenvalue weighted by Crippen LogP contribution is -2.34. The summed E-state index contributed by atoms with van der Waals surface area (Å²) >= 11 is 0. The van der Waals surface area contributed by atoms with Gasteiger partial charge in [0.1, 0.15) is 0 Å². The molecule has 1 aliphatic heterocycles. The summed E-state index contributed by atoms with van der Waals surface area (Å²) in [5, 5.41) is 0. The number of nitrogens with zero attached hydrogens (tertiary/aromatic N) is 1. The van der Waals surface area contributed by atoms with E-state index in [0.29, 0.717) is 6.04 Å². The Balaban J connectivity index is 2.01. The number of hydrogen-bond donors (Lipinski definition) is 0. The third-order valence-electron chi connectivity index (χ3n) is 4.35. The predicted octanol–water partition coefficient (Wildman–Crippen LogP) is 4.57. The SMILES string of the molecule is Cc1ccccc1[C@H](c1ccccc1)N1CCCCC1. The summed E-state index contributed by atoms with van der Waals surface area (Å²) in [5.74, 6) is 0. The second-order valence-electron chi connectivity index (χ2n) is 5.77. The average molecular weight is 265 g/mol. The molecule has 0 unspecified atom stereocenters. The molecule has 0 spiro atoms. The monoisotopic (exact) mass is 265 g/mol. The van der Waals surface area contributed by atoms with Crippen molar-refractivity contribution in [1.29, 1.82) is 0 Å². The molecule has 1 saturated heterocycles. The van der Waals surface area contributed by atoms with Crippen molar-refractivity contribution in [3.8, 4) is 0 Å². The van der Waals surface area contributed by atoms with Gasteiger partial charge >= 0.3 is 0 Å². The summed E-state index contributed by atoms with van der Waals surface area (Å²) in [5.41, 5.74) is 4.27. The van der Waals surface area contributed by atoms with Crippen molar-refractivity contribution in [3.63, 3.8) is 0 Å². The Labute approximate surface area is 122 Å². The minimum Gasteiger partial charge on any atom is -0.292 e. The van der Waals surface area contributed by atoms with Gasteiger partial charge in [0, 0.05) is 0 Å². The Morgan fingerprint density at radius 2 is 1.45 bits per heavy atom. The van der Waals surface area contributed by atoms with Crippen LogP contribution in [0.25, 0.3) is 0 Å². The number of piperidine rings is 1. The summed E-state index contributed by atoms with van der Waals surface area (Å²) in [6.07, 6.45) is 4.04. The van der Waals surface area contributed by atoms with E-state index < -0.39 is 0 Å². The third-order valence-corrected chi connectivity index (χ3v) is 4.35. The van der Waals surface area contributed by atoms with Gasteiger partial charge in [0.2, 0.25) is 0 Å². The van der Waals surface area contributed by atoms with Crippen LogP contribution in [0, 0.1) is 6.92 Å². The molecule has 0 aliphatic carbocycles. The normalized spacial score (nSPS) is 17.9. The first-order valence-corrected chi connectivity index (χ1v) is 7.71. The quantitative estimate of drug-likeness (QED) is 0.785. The zero-order chi connectivity index (χ0) is 13.8. The summed E-state index contributed by atoms with van der Waals surface area (Å²) in [6.45, 7) is 4.66. The van der Waals surface area contributed by atoms with Gasteiger partial charge in [-0.05, 0) is 49.5 Å². The van der Waals surface area contributed by atoms with Crippen LogP contribution in [-0.4, -0.2) is 18.0 Å². The summed E-state index contributed by atoms with van der Waals surface area (Å²) in [6, 6.07) is 20.2. The van der Waals surface area contributed by atoms with E-state index in [0.717, 1.165) is 0 Å². The predicted molar refractivity (Wildman–Crippen MR) is 84.9 cm³/mol. The van der Waals surface area contributed by atoms with Crippen molar-refractivity contribution < 1.29 is 0 Å². The number of rotatable bonds is 3. The molecule has 1 aliphatic rings. The van der Waals surface area contributed by atoms with Gasteiger partial charge in [-0.3, -0.25) is 4.90 Å². The van der Waals surface area contributed by atoms with Crippen LogP contribution in [0.3, 0.4) is 0 Å². The van der Waals surface area contributed by atoms with E-state index in [1.54, 1.807) is 0 Å². The zero-order valence-electron chi connectivity index (χ0n) is 12.3. The highest BCUT2D eigenvalue weighted by atomic mass is 15.2. The lowest BCUT2D eigenvalue weighted by Gasteiger charge is -2.36. The first-order valence-electron chi connectivity index (χ1n) is 7.71. The van der Waals surface area contributed by atoms with E-state index in [4.69, 9.17) is 0 Å². The summed E-state index contributed by atoms with van der Waals surface area (Å²) in [7, 11) is 0. The van der Waals surface area contributed by atoms with Gasteiger partial charge in [-0.25, -0.2) is 0 Å². The molecular formula is C19H23N. The van der Waals surface area contributed by atoms with Crippen LogP contribution >= 0.6 is 0 Å². The third kappa shape index (κ3) is 2.78. The Hall–Kier alpha value is -1.60. The lowest BCUT2D eigenvalue weighted by molar-refractivity contribution is 0.187. The number of hydrogen-bond acceptors (Lipinski definition) is 1. The van der Waals surface area contributed by atoms with Crippen LogP contribution < -0.4 is 0 Å². The highest BCUT2D eigenvalue weighted by Crippen LogP contribution is 2.32. The average Bonchev–Trinajstić information content (AvgIpc) is 2.52. The smallest absolute Gasteiger partial charge is 0.0604 e. The molecular weight excluding hydrogens is 242 g/mol. The highest BCUT2D eigenvalue weighted by molar-refractivity contribution is 5.36. The number of aryl methyl sites for hydroxylation is 1. The van der Waals surface area contributed by atoms with E-state index in [-0.39, 0.29) is 0 Å². The molecule has 104 valence electrons. The summed E-state index contributed by atoms with van der Waals surface area (Å²) < 4.78 is 0. The Morgan fingerprint density at radius 3 is 2.15 bits per heavy atom. The molecule has 2 aromatic carbocycles. The first-order chi connectivity index (χ1) is 9.86. The molecule has 0 bridgehead atoms. The van der Waals surface area contributed by atoms with Crippen LogP contribution in [0.4, 0.5) is 0 Å². The Kier molecular flexibility index (Phi) is 4.17. The molecule has 1 heterocycles. The number of likely N-dealkylation sites (tertiary alicyclic amines) is 1. The topological polar surface area (TPSA) is 3.24 Å². The van der Waals surface area contributed by atoms with E-state index in [2.05, 4.69) is 66.4 Å².